The third-order valence-corrected chi connectivity index (χ3v) is 6.81. The Balaban J connectivity index is 2.34. The summed E-state index contributed by atoms with van der Waals surface area (Å²) in [6, 6.07) is 13.8. The molecular formula is C25H35S2. The van der Waals surface area contributed by atoms with Gasteiger partial charge in [0.2, 0.25) is 0 Å². The molecule has 0 saturated heterocycles. The predicted molar refractivity (Wildman–Crippen MR) is 126 cm³/mol. The van der Waals surface area contributed by atoms with E-state index in [4.69, 9.17) is 0 Å². The van der Waals surface area contributed by atoms with Gasteiger partial charge in [-0.1, -0.05) is 70.2 Å². The summed E-state index contributed by atoms with van der Waals surface area (Å²) in [4.78, 5) is 2.83. The van der Waals surface area contributed by atoms with Crippen LogP contribution in [0.2, 0.25) is 0 Å². The third kappa shape index (κ3) is 6.61. The number of hydrogen-bond acceptors (Lipinski definition) is 2. The number of thioether (sulfide) groups is 2. The molecule has 0 aromatic heterocycles. The number of aryl methyl sites for hydroxylation is 1. The molecule has 0 aliphatic heterocycles. The van der Waals surface area contributed by atoms with E-state index in [1.54, 1.807) is 22.9 Å². The number of rotatable bonds is 12. The van der Waals surface area contributed by atoms with Gasteiger partial charge in [-0.2, -0.15) is 0 Å². The van der Waals surface area contributed by atoms with Crippen LogP contribution >= 0.6 is 23.5 Å². The molecule has 2 rings (SSSR count). The van der Waals surface area contributed by atoms with Gasteiger partial charge in [0.25, 0.3) is 0 Å². The van der Waals surface area contributed by atoms with Crippen molar-refractivity contribution in [3.8, 4) is 11.1 Å². The molecular weight excluding hydrogens is 364 g/mol. The van der Waals surface area contributed by atoms with Crippen LogP contribution < -0.4 is 0 Å². The average molecular weight is 400 g/mol. The first-order valence-corrected chi connectivity index (χ1v) is 12.8. The third-order valence-electron chi connectivity index (χ3n) is 5.19. The first-order chi connectivity index (χ1) is 13.2. The van der Waals surface area contributed by atoms with Gasteiger partial charge in [0.1, 0.15) is 0 Å². The van der Waals surface area contributed by atoms with E-state index in [2.05, 4.69) is 62.8 Å². The highest BCUT2D eigenvalue weighted by Gasteiger charge is 2.14. The van der Waals surface area contributed by atoms with Crippen molar-refractivity contribution in [3.63, 3.8) is 0 Å². The van der Waals surface area contributed by atoms with Gasteiger partial charge in [-0.05, 0) is 72.6 Å². The normalized spacial score (nSPS) is 11.1. The number of benzene rings is 2. The topological polar surface area (TPSA) is 0 Å². The van der Waals surface area contributed by atoms with Crippen LogP contribution in [0.3, 0.4) is 0 Å². The number of unbranched alkanes of at least 4 members (excludes halogenated alkanes) is 5. The lowest BCUT2D eigenvalue weighted by molar-refractivity contribution is 0.672. The van der Waals surface area contributed by atoms with Gasteiger partial charge < -0.3 is 0 Å². The molecule has 0 N–H and O–H groups in total. The summed E-state index contributed by atoms with van der Waals surface area (Å²) < 4.78 is 0. The molecule has 147 valence electrons. The van der Waals surface area contributed by atoms with Crippen LogP contribution in [0.4, 0.5) is 0 Å². The maximum atomic E-state index is 3.98. The summed E-state index contributed by atoms with van der Waals surface area (Å²) >= 11 is 3.73. The molecule has 0 amide bonds. The molecule has 0 heterocycles. The van der Waals surface area contributed by atoms with Crippen LogP contribution in [0.1, 0.15) is 63.0 Å². The summed E-state index contributed by atoms with van der Waals surface area (Å²) in [5.41, 5.74) is 5.93. The van der Waals surface area contributed by atoms with Crippen molar-refractivity contribution < 1.29 is 0 Å². The lowest BCUT2D eigenvalue weighted by atomic mass is 9.92. The molecule has 0 fully saturated rings. The molecule has 27 heavy (non-hydrogen) atoms. The highest BCUT2D eigenvalue weighted by Crippen LogP contribution is 2.37. The molecule has 0 bridgehead atoms. The summed E-state index contributed by atoms with van der Waals surface area (Å²) in [5, 5.41) is 0. The molecule has 0 atom stereocenters. The van der Waals surface area contributed by atoms with Crippen LogP contribution in [0.25, 0.3) is 11.1 Å². The van der Waals surface area contributed by atoms with E-state index in [9.17, 15) is 0 Å². The first kappa shape index (κ1) is 22.4. The fraction of sp³-hybridized carbons (Fsp3) is 0.480. The SMILES string of the molecule is [CH2]CCCCCc1ccc(-c2ccc(SC)cc2)c(SC)c1CCCCC. The zero-order valence-corrected chi connectivity index (χ0v) is 19.0. The van der Waals surface area contributed by atoms with Gasteiger partial charge in [-0.3, -0.25) is 0 Å². The fourth-order valence-electron chi connectivity index (χ4n) is 3.63. The molecule has 0 aliphatic rings. The van der Waals surface area contributed by atoms with Crippen molar-refractivity contribution in [1.82, 2.24) is 0 Å². The van der Waals surface area contributed by atoms with Crippen molar-refractivity contribution in [2.75, 3.05) is 12.5 Å². The lowest BCUT2D eigenvalue weighted by Crippen LogP contribution is -2.00. The molecule has 0 unspecified atom stereocenters. The summed E-state index contributed by atoms with van der Waals surface area (Å²) in [6.07, 6.45) is 15.6. The molecule has 2 aromatic carbocycles. The minimum Gasteiger partial charge on any atom is -0.130 e. The Kier molecular flexibility index (Phi) is 10.4. The van der Waals surface area contributed by atoms with Crippen molar-refractivity contribution >= 4 is 23.5 Å². The van der Waals surface area contributed by atoms with E-state index in [1.807, 2.05) is 11.8 Å². The van der Waals surface area contributed by atoms with Crippen molar-refractivity contribution in [3.05, 3.63) is 54.4 Å². The van der Waals surface area contributed by atoms with E-state index >= 15 is 0 Å². The fourth-order valence-corrected chi connectivity index (χ4v) is 4.92. The molecule has 0 spiro atoms. The van der Waals surface area contributed by atoms with Crippen molar-refractivity contribution in [1.29, 1.82) is 0 Å². The molecule has 0 aliphatic carbocycles. The maximum Gasteiger partial charge on any atom is 0.0182 e. The van der Waals surface area contributed by atoms with Crippen molar-refractivity contribution in [2.24, 2.45) is 0 Å². The van der Waals surface area contributed by atoms with Crippen LogP contribution in [0, 0.1) is 6.92 Å². The van der Waals surface area contributed by atoms with E-state index in [0.717, 1.165) is 6.42 Å². The highest BCUT2D eigenvalue weighted by atomic mass is 32.2. The van der Waals surface area contributed by atoms with Gasteiger partial charge in [-0.15, -0.1) is 23.5 Å². The van der Waals surface area contributed by atoms with Crippen LogP contribution in [0.5, 0.6) is 0 Å². The molecule has 0 saturated carbocycles. The van der Waals surface area contributed by atoms with Crippen molar-refractivity contribution in [2.45, 2.75) is 74.5 Å². The Morgan fingerprint density at radius 2 is 1.52 bits per heavy atom. The Hall–Kier alpha value is -0.860. The summed E-state index contributed by atoms with van der Waals surface area (Å²) in [6.45, 7) is 6.27. The van der Waals surface area contributed by atoms with E-state index < -0.39 is 0 Å². The smallest absolute Gasteiger partial charge is 0.0182 e. The van der Waals surface area contributed by atoms with E-state index in [0.29, 0.717) is 0 Å². The van der Waals surface area contributed by atoms with Gasteiger partial charge in [0.15, 0.2) is 0 Å². The van der Waals surface area contributed by atoms with Gasteiger partial charge >= 0.3 is 0 Å². The van der Waals surface area contributed by atoms with E-state index in [1.165, 1.54) is 72.3 Å². The summed E-state index contributed by atoms with van der Waals surface area (Å²) in [7, 11) is 0. The van der Waals surface area contributed by atoms with Gasteiger partial charge in [0, 0.05) is 9.79 Å². The average Bonchev–Trinajstić information content (AvgIpc) is 2.71. The lowest BCUT2D eigenvalue weighted by Gasteiger charge is -2.18. The van der Waals surface area contributed by atoms with E-state index in [-0.39, 0.29) is 0 Å². The maximum absolute atomic E-state index is 3.98. The Bertz CT molecular complexity index is 673. The monoisotopic (exact) mass is 399 g/mol. The largest absolute Gasteiger partial charge is 0.130 e. The predicted octanol–water partition coefficient (Wildman–Crippen LogP) is 8.47. The molecule has 1 radical (unpaired) electrons. The van der Waals surface area contributed by atoms with Crippen LogP contribution in [0.15, 0.2) is 46.2 Å². The zero-order chi connectivity index (χ0) is 19.5. The van der Waals surface area contributed by atoms with Crippen LogP contribution in [-0.4, -0.2) is 12.5 Å². The first-order valence-electron chi connectivity index (χ1n) is 10.4. The van der Waals surface area contributed by atoms with Gasteiger partial charge in [0.05, 0.1) is 0 Å². The summed E-state index contributed by atoms with van der Waals surface area (Å²) in [5.74, 6) is 0. The molecule has 2 heteroatoms. The Morgan fingerprint density at radius 1 is 0.778 bits per heavy atom. The minimum atomic E-state index is 1.06. The molecule has 2 aromatic rings. The number of hydrogen-bond donors (Lipinski definition) is 0. The second kappa shape index (κ2) is 12.6. The van der Waals surface area contributed by atoms with Crippen LogP contribution in [-0.2, 0) is 12.8 Å². The highest BCUT2D eigenvalue weighted by molar-refractivity contribution is 7.99. The zero-order valence-electron chi connectivity index (χ0n) is 17.4. The Morgan fingerprint density at radius 3 is 2.15 bits per heavy atom. The van der Waals surface area contributed by atoms with Gasteiger partial charge in [-0.25, -0.2) is 0 Å². The quantitative estimate of drug-likeness (QED) is 0.259. The second-order valence-electron chi connectivity index (χ2n) is 7.13. The Labute approximate surface area is 175 Å². The molecule has 0 nitrogen and oxygen atoms in total. The standard InChI is InChI=1S/C25H35S2/c1-5-7-9-11-12-20-16-19-24(21-14-17-22(26-3)18-15-21)25(27-4)23(20)13-10-8-6-2/h14-19H,1,5-13H2,2-4H3. The second-order valence-corrected chi connectivity index (χ2v) is 8.83. The minimum absolute atomic E-state index is 1.06.